The number of fused-ring (bicyclic) bond motifs is 1. The van der Waals surface area contributed by atoms with Crippen molar-refractivity contribution in [3.63, 3.8) is 0 Å². The number of anilines is 1. The molecule has 0 aromatic carbocycles. The summed E-state index contributed by atoms with van der Waals surface area (Å²) in [6.45, 7) is 3.88. The number of carbonyl (C=O) groups excluding carboxylic acids is 1. The number of aromatic nitrogens is 1. The Morgan fingerprint density at radius 2 is 2.41 bits per heavy atom. The van der Waals surface area contributed by atoms with Crippen LogP contribution in [-0.2, 0) is 9.53 Å². The highest BCUT2D eigenvalue weighted by molar-refractivity contribution is 5.90. The summed E-state index contributed by atoms with van der Waals surface area (Å²) in [5, 5.41) is 3.86. The predicted molar refractivity (Wildman–Crippen MR) is 63.7 cm³/mol. The van der Waals surface area contributed by atoms with Crippen LogP contribution in [-0.4, -0.2) is 23.6 Å². The van der Waals surface area contributed by atoms with Crippen molar-refractivity contribution < 1.29 is 13.9 Å². The average molecular weight is 234 g/mol. The van der Waals surface area contributed by atoms with Crippen LogP contribution in [0.1, 0.15) is 13.8 Å². The van der Waals surface area contributed by atoms with Crippen molar-refractivity contribution in [3.8, 4) is 0 Å². The van der Waals surface area contributed by atoms with E-state index in [1.54, 1.807) is 32.4 Å². The summed E-state index contributed by atoms with van der Waals surface area (Å²) in [6.07, 6.45) is 3.22. The molecule has 90 valence electrons. The first-order valence-corrected chi connectivity index (χ1v) is 5.47. The second kappa shape index (κ2) is 4.86. The Bertz CT molecular complexity index is 521. The van der Waals surface area contributed by atoms with Gasteiger partial charge < -0.3 is 14.5 Å². The highest BCUT2D eigenvalue weighted by Gasteiger charge is 2.15. The number of nitrogens with zero attached hydrogens (tertiary/aromatic N) is 1. The molecule has 1 N–H and O–H groups in total. The van der Waals surface area contributed by atoms with Gasteiger partial charge in [-0.05, 0) is 26.0 Å². The Kier molecular flexibility index (Phi) is 3.27. The van der Waals surface area contributed by atoms with Crippen LogP contribution in [0.4, 0.5) is 5.82 Å². The normalized spacial score (nSPS) is 12.4. The Morgan fingerprint density at radius 1 is 1.59 bits per heavy atom. The summed E-state index contributed by atoms with van der Waals surface area (Å²) in [5.41, 5.74) is 0.735. The summed E-state index contributed by atoms with van der Waals surface area (Å²) in [5.74, 6) is 0.326. The van der Waals surface area contributed by atoms with E-state index >= 15 is 0 Å². The SMILES string of the molecule is CCOC(=O)C(C)Nc1nccc2occc12. The highest BCUT2D eigenvalue weighted by atomic mass is 16.5. The minimum absolute atomic E-state index is 0.296. The molecule has 0 spiro atoms. The number of furan rings is 1. The van der Waals surface area contributed by atoms with E-state index < -0.39 is 6.04 Å². The van der Waals surface area contributed by atoms with E-state index in [-0.39, 0.29) is 5.97 Å². The number of pyridine rings is 1. The second-order valence-corrected chi connectivity index (χ2v) is 3.61. The fourth-order valence-corrected chi connectivity index (χ4v) is 1.54. The molecule has 17 heavy (non-hydrogen) atoms. The molecule has 1 unspecified atom stereocenters. The third-order valence-corrected chi connectivity index (χ3v) is 2.37. The third kappa shape index (κ3) is 2.38. The van der Waals surface area contributed by atoms with Crippen LogP contribution in [0.25, 0.3) is 11.0 Å². The predicted octanol–water partition coefficient (Wildman–Crippen LogP) is 2.19. The molecule has 5 nitrogen and oxygen atoms in total. The Morgan fingerprint density at radius 3 is 3.18 bits per heavy atom. The van der Waals surface area contributed by atoms with E-state index in [0.717, 1.165) is 11.0 Å². The molecular formula is C12H14N2O3. The molecule has 0 fully saturated rings. The fourth-order valence-electron chi connectivity index (χ4n) is 1.54. The van der Waals surface area contributed by atoms with Gasteiger partial charge in [0.2, 0.25) is 0 Å². The largest absolute Gasteiger partial charge is 0.464 e. The average Bonchev–Trinajstić information content (AvgIpc) is 2.78. The van der Waals surface area contributed by atoms with Crippen LogP contribution >= 0.6 is 0 Å². The van der Waals surface area contributed by atoms with Crippen molar-refractivity contribution in [1.29, 1.82) is 0 Å². The maximum atomic E-state index is 11.5. The maximum Gasteiger partial charge on any atom is 0.328 e. The van der Waals surface area contributed by atoms with Crippen LogP contribution in [0.15, 0.2) is 29.0 Å². The van der Waals surface area contributed by atoms with Gasteiger partial charge in [-0.1, -0.05) is 0 Å². The topological polar surface area (TPSA) is 64.4 Å². The fraction of sp³-hybridized carbons (Fsp3) is 0.333. The van der Waals surface area contributed by atoms with Gasteiger partial charge in [0.15, 0.2) is 0 Å². The smallest absolute Gasteiger partial charge is 0.328 e. The number of esters is 1. The molecule has 0 saturated carbocycles. The molecule has 0 aliphatic rings. The van der Waals surface area contributed by atoms with Gasteiger partial charge >= 0.3 is 5.97 Å². The number of hydrogen-bond donors (Lipinski definition) is 1. The quantitative estimate of drug-likeness (QED) is 0.821. The lowest BCUT2D eigenvalue weighted by molar-refractivity contribution is -0.143. The molecule has 5 heteroatoms. The monoisotopic (exact) mass is 234 g/mol. The molecule has 1 atom stereocenters. The van der Waals surface area contributed by atoms with Gasteiger partial charge in [0.25, 0.3) is 0 Å². The number of hydrogen-bond acceptors (Lipinski definition) is 5. The first-order chi connectivity index (χ1) is 8.22. The summed E-state index contributed by atoms with van der Waals surface area (Å²) in [4.78, 5) is 15.7. The van der Waals surface area contributed by atoms with Crippen LogP contribution in [0.3, 0.4) is 0 Å². The molecule has 2 aromatic heterocycles. The Hall–Kier alpha value is -2.04. The zero-order valence-corrected chi connectivity index (χ0v) is 9.77. The molecule has 0 saturated heterocycles. The van der Waals surface area contributed by atoms with E-state index in [4.69, 9.17) is 9.15 Å². The van der Waals surface area contributed by atoms with Crippen LogP contribution in [0, 0.1) is 0 Å². The molecule has 0 aliphatic carbocycles. The van der Waals surface area contributed by atoms with Crippen molar-refractivity contribution in [2.75, 3.05) is 11.9 Å². The zero-order valence-electron chi connectivity index (χ0n) is 9.77. The second-order valence-electron chi connectivity index (χ2n) is 3.61. The first-order valence-electron chi connectivity index (χ1n) is 5.47. The standard InChI is InChI=1S/C12H14N2O3/c1-3-16-12(15)8(2)14-11-9-5-7-17-10(9)4-6-13-11/h4-8H,3H2,1-2H3,(H,13,14). The van der Waals surface area contributed by atoms with Gasteiger partial charge in [-0.15, -0.1) is 0 Å². The van der Waals surface area contributed by atoms with E-state index in [1.165, 1.54) is 0 Å². The van der Waals surface area contributed by atoms with E-state index in [0.29, 0.717) is 12.4 Å². The molecule has 2 heterocycles. The van der Waals surface area contributed by atoms with Gasteiger partial charge in [0.05, 0.1) is 18.3 Å². The Labute approximate surface area is 98.8 Å². The van der Waals surface area contributed by atoms with Gasteiger partial charge in [-0.25, -0.2) is 9.78 Å². The molecule has 2 aromatic rings. The summed E-state index contributed by atoms with van der Waals surface area (Å²) in [7, 11) is 0. The summed E-state index contributed by atoms with van der Waals surface area (Å²) < 4.78 is 10.2. The molecule has 0 bridgehead atoms. The van der Waals surface area contributed by atoms with Crippen molar-refractivity contribution >= 4 is 22.8 Å². The maximum absolute atomic E-state index is 11.5. The highest BCUT2D eigenvalue weighted by Crippen LogP contribution is 2.22. The van der Waals surface area contributed by atoms with Gasteiger partial charge in [0.1, 0.15) is 17.4 Å². The summed E-state index contributed by atoms with van der Waals surface area (Å²) >= 11 is 0. The minimum Gasteiger partial charge on any atom is -0.464 e. The Balaban J connectivity index is 2.18. The molecule has 2 rings (SSSR count). The first kappa shape index (κ1) is 11.4. The van der Waals surface area contributed by atoms with Crippen LogP contribution in [0.5, 0.6) is 0 Å². The zero-order chi connectivity index (χ0) is 12.3. The molecule has 0 radical (unpaired) electrons. The number of nitrogens with one attached hydrogen (secondary N) is 1. The molecule has 0 aliphatic heterocycles. The van der Waals surface area contributed by atoms with Crippen molar-refractivity contribution in [2.45, 2.75) is 19.9 Å². The third-order valence-electron chi connectivity index (χ3n) is 2.37. The summed E-state index contributed by atoms with van der Waals surface area (Å²) in [6, 6.07) is 3.14. The van der Waals surface area contributed by atoms with Crippen LogP contribution < -0.4 is 5.32 Å². The van der Waals surface area contributed by atoms with E-state index in [1.807, 2.05) is 6.07 Å². The van der Waals surface area contributed by atoms with Crippen LogP contribution in [0.2, 0.25) is 0 Å². The number of carbonyl (C=O) groups is 1. The molecular weight excluding hydrogens is 220 g/mol. The molecule has 0 amide bonds. The lowest BCUT2D eigenvalue weighted by Gasteiger charge is -2.13. The van der Waals surface area contributed by atoms with Crippen molar-refractivity contribution in [1.82, 2.24) is 4.98 Å². The number of rotatable bonds is 4. The van der Waals surface area contributed by atoms with Gasteiger partial charge in [0, 0.05) is 6.20 Å². The van der Waals surface area contributed by atoms with Gasteiger partial charge in [-0.2, -0.15) is 0 Å². The minimum atomic E-state index is -0.442. The van der Waals surface area contributed by atoms with Crippen molar-refractivity contribution in [2.24, 2.45) is 0 Å². The number of ether oxygens (including phenoxy) is 1. The lowest BCUT2D eigenvalue weighted by Crippen LogP contribution is -2.28. The van der Waals surface area contributed by atoms with E-state index in [2.05, 4.69) is 10.3 Å². The lowest BCUT2D eigenvalue weighted by atomic mass is 10.3. The van der Waals surface area contributed by atoms with Crippen molar-refractivity contribution in [3.05, 3.63) is 24.6 Å². The van der Waals surface area contributed by atoms with E-state index in [9.17, 15) is 4.79 Å². The van der Waals surface area contributed by atoms with Gasteiger partial charge in [-0.3, -0.25) is 0 Å².